The molecule has 1 atom stereocenters. The van der Waals surface area contributed by atoms with E-state index in [0.29, 0.717) is 30.8 Å². The second kappa shape index (κ2) is 8.62. The van der Waals surface area contributed by atoms with E-state index in [1.165, 1.54) is 0 Å². The number of hydrogen-bond acceptors (Lipinski definition) is 4. The molecule has 0 saturated carbocycles. The number of nitrogens with two attached hydrogens (primary N) is 1. The van der Waals surface area contributed by atoms with E-state index < -0.39 is 0 Å². The van der Waals surface area contributed by atoms with Crippen molar-refractivity contribution in [1.29, 1.82) is 0 Å². The van der Waals surface area contributed by atoms with E-state index >= 15 is 0 Å². The molecule has 0 radical (unpaired) electrons. The maximum Gasteiger partial charge on any atom is 0.254 e. The maximum atomic E-state index is 12.8. The zero-order valence-corrected chi connectivity index (χ0v) is 14.8. The fourth-order valence-corrected chi connectivity index (χ4v) is 3.28. The first-order valence-electron chi connectivity index (χ1n) is 9.04. The number of hydrogen-bond donors (Lipinski definition) is 2. The summed E-state index contributed by atoms with van der Waals surface area (Å²) in [4.78, 5) is 30.8. The number of imidazole rings is 1. The second-order valence-electron chi connectivity index (χ2n) is 6.56. The van der Waals surface area contributed by atoms with Crippen molar-refractivity contribution in [2.75, 3.05) is 18.4 Å². The molecule has 2 amide bonds. The molecule has 1 aliphatic rings. The highest BCUT2D eigenvalue weighted by molar-refractivity contribution is 5.97. The lowest BCUT2D eigenvalue weighted by Gasteiger charge is -2.35. The molecule has 2 aromatic rings. The van der Waals surface area contributed by atoms with Crippen molar-refractivity contribution in [3.63, 3.8) is 0 Å². The van der Waals surface area contributed by atoms with Crippen LogP contribution >= 0.6 is 0 Å². The van der Waals surface area contributed by atoms with Crippen molar-refractivity contribution in [3.8, 4) is 0 Å². The number of nitrogens with one attached hydrogen (secondary N) is 1. The number of anilines is 1. The van der Waals surface area contributed by atoms with E-state index in [9.17, 15) is 9.59 Å². The SMILES string of the molecule is NCC1CCCCN1C(=O)c1cccc(NC(=O)CCn2ccnc2)c1. The third kappa shape index (κ3) is 4.49. The van der Waals surface area contributed by atoms with Gasteiger partial charge in [-0.1, -0.05) is 6.07 Å². The van der Waals surface area contributed by atoms with Gasteiger partial charge in [-0.2, -0.15) is 0 Å². The molecular weight excluding hydrogens is 330 g/mol. The van der Waals surface area contributed by atoms with Crippen LogP contribution in [0.15, 0.2) is 43.0 Å². The van der Waals surface area contributed by atoms with Crippen LogP contribution in [0.2, 0.25) is 0 Å². The summed E-state index contributed by atoms with van der Waals surface area (Å²) in [6.45, 7) is 1.79. The van der Waals surface area contributed by atoms with Gasteiger partial charge in [0.25, 0.3) is 5.91 Å². The van der Waals surface area contributed by atoms with E-state index in [1.807, 2.05) is 15.7 Å². The summed E-state index contributed by atoms with van der Waals surface area (Å²) in [5.41, 5.74) is 7.03. The molecule has 1 aliphatic heterocycles. The summed E-state index contributed by atoms with van der Waals surface area (Å²) >= 11 is 0. The number of likely N-dealkylation sites (tertiary alicyclic amines) is 1. The molecule has 0 bridgehead atoms. The van der Waals surface area contributed by atoms with E-state index in [4.69, 9.17) is 5.73 Å². The standard InChI is InChI=1S/C19H25N5O2/c20-13-17-6-1-2-9-24(17)19(26)15-4-3-5-16(12-15)22-18(25)7-10-23-11-8-21-14-23/h3-5,8,11-12,14,17H,1-2,6-7,9-10,13,20H2,(H,22,25). The highest BCUT2D eigenvalue weighted by Crippen LogP contribution is 2.20. The van der Waals surface area contributed by atoms with Crippen LogP contribution in [0.3, 0.4) is 0 Å². The molecular formula is C19H25N5O2. The monoisotopic (exact) mass is 355 g/mol. The predicted octanol–water partition coefficient (Wildman–Crippen LogP) is 1.87. The minimum absolute atomic E-state index is 0.0188. The Bertz CT molecular complexity index is 744. The largest absolute Gasteiger partial charge is 0.337 e. The number of benzene rings is 1. The van der Waals surface area contributed by atoms with Gasteiger partial charge >= 0.3 is 0 Å². The molecule has 0 aliphatic carbocycles. The molecule has 2 heterocycles. The molecule has 1 fully saturated rings. The Morgan fingerprint density at radius 1 is 1.31 bits per heavy atom. The highest BCUT2D eigenvalue weighted by atomic mass is 16.2. The van der Waals surface area contributed by atoms with Gasteiger partial charge in [0.2, 0.25) is 5.91 Å². The summed E-state index contributed by atoms with van der Waals surface area (Å²) in [6.07, 6.45) is 8.59. The van der Waals surface area contributed by atoms with Gasteiger partial charge in [-0.3, -0.25) is 9.59 Å². The van der Waals surface area contributed by atoms with Crippen LogP contribution in [0.5, 0.6) is 0 Å². The third-order valence-electron chi connectivity index (χ3n) is 4.71. The average Bonchev–Trinajstić information content (AvgIpc) is 3.19. The van der Waals surface area contributed by atoms with Gasteiger partial charge in [0, 0.05) is 55.7 Å². The van der Waals surface area contributed by atoms with Gasteiger partial charge < -0.3 is 20.5 Å². The highest BCUT2D eigenvalue weighted by Gasteiger charge is 2.26. The fourth-order valence-electron chi connectivity index (χ4n) is 3.28. The maximum absolute atomic E-state index is 12.8. The van der Waals surface area contributed by atoms with Gasteiger partial charge in [0.05, 0.1) is 6.33 Å². The van der Waals surface area contributed by atoms with Crippen molar-refractivity contribution in [2.45, 2.75) is 38.3 Å². The van der Waals surface area contributed by atoms with Gasteiger partial charge in [-0.15, -0.1) is 0 Å². The van der Waals surface area contributed by atoms with Gasteiger partial charge in [-0.05, 0) is 37.5 Å². The lowest BCUT2D eigenvalue weighted by Crippen LogP contribution is -2.47. The van der Waals surface area contributed by atoms with E-state index in [0.717, 1.165) is 25.8 Å². The van der Waals surface area contributed by atoms with Crippen molar-refractivity contribution >= 4 is 17.5 Å². The smallest absolute Gasteiger partial charge is 0.254 e. The van der Waals surface area contributed by atoms with Crippen molar-refractivity contribution in [2.24, 2.45) is 5.73 Å². The Labute approximate surface area is 153 Å². The van der Waals surface area contributed by atoms with Crippen LogP contribution in [-0.2, 0) is 11.3 Å². The minimum Gasteiger partial charge on any atom is -0.337 e. The predicted molar refractivity (Wildman–Crippen MR) is 99.6 cm³/mol. The van der Waals surface area contributed by atoms with Crippen LogP contribution < -0.4 is 11.1 Å². The molecule has 1 aromatic heterocycles. The number of amides is 2. The van der Waals surface area contributed by atoms with E-state index in [-0.39, 0.29) is 17.9 Å². The molecule has 1 saturated heterocycles. The first-order valence-corrected chi connectivity index (χ1v) is 9.04. The molecule has 3 rings (SSSR count). The van der Waals surface area contributed by atoms with Gasteiger partial charge in [-0.25, -0.2) is 4.98 Å². The van der Waals surface area contributed by atoms with Crippen LogP contribution in [0.1, 0.15) is 36.0 Å². The van der Waals surface area contributed by atoms with Crippen LogP contribution in [0.4, 0.5) is 5.69 Å². The molecule has 0 spiro atoms. The molecule has 1 unspecified atom stereocenters. The summed E-state index contributed by atoms with van der Waals surface area (Å²) in [7, 11) is 0. The molecule has 3 N–H and O–H groups in total. The van der Waals surface area contributed by atoms with E-state index in [2.05, 4.69) is 10.3 Å². The number of carbonyl (C=O) groups is 2. The summed E-state index contributed by atoms with van der Waals surface area (Å²) in [6, 6.07) is 7.21. The molecule has 7 heteroatoms. The number of rotatable bonds is 6. The van der Waals surface area contributed by atoms with Crippen LogP contribution in [0, 0.1) is 0 Å². The zero-order chi connectivity index (χ0) is 18.4. The normalized spacial score (nSPS) is 17.1. The lowest BCUT2D eigenvalue weighted by molar-refractivity contribution is -0.116. The van der Waals surface area contributed by atoms with Gasteiger partial charge in [0.15, 0.2) is 0 Å². The quantitative estimate of drug-likeness (QED) is 0.827. The van der Waals surface area contributed by atoms with E-state index in [1.54, 1.807) is 36.8 Å². The topological polar surface area (TPSA) is 93.3 Å². The third-order valence-corrected chi connectivity index (χ3v) is 4.71. The number of carbonyl (C=O) groups excluding carboxylic acids is 2. The number of piperidine rings is 1. The first-order chi connectivity index (χ1) is 12.7. The number of aromatic nitrogens is 2. The average molecular weight is 355 g/mol. The second-order valence-corrected chi connectivity index (χ2v) is 6.56. The number of aryl methyl sites for hydroxylation is 1. The van der Waals surface area contributed by atoms with Crippen LogP contribution in [0.25, 0.3) is 0 Å². The summed E-state index contributed by atoms with van der Waals surface area (Å²) in [5, 5.41) is 2.86. The van der Waals surface area contributed by atoms with Crippen LogP contribution in [-0.4, -0.2) is 45.4 Å². The Balaban J connectivity index is 1.61. The minimum atomic E-state index is -0.0962. The Kier molecular flexibility index (Phi) is 6.01. The molecule has 1 aromatic carbocycles. The molecule has 138 valence electrons. The summed E-state index contributed by atoms with van der Waals surface area (Å²) in [5.74, 6) is -0.115. The van der Waals surface area contributed by atoms with Crippen molar-refractivity contribution in [1.82, 2.24) is 14.5 Å². The Morgan fingerprint density at radius 3 is 2.96 bits per heavy atom. The molecule has 7 nitrogen and oxygen atoms in total. The van der Waals surface area contributed by atoms with Gasteiger partial charge in [0.1, 0.15) is 0 Å². The van der Waals surface area contributed by atoms with Crippen molar-refractivity contribution < 1.29 is 9.59 Å². The Hall–Kier alpha value is -2.67. The molecule has 26 heavy (non-hydrogen) atoms. The van der Waals surface area contributed by atoms with Crippen molar-refractivity contribution in [3.05, 3.63) is 48.5 Å². The zero-order valence-electron chi connectivity index (χ0n) is 14.8. The lowest BCUT2D eigenvalue weighted by atomic mass is 10.0. The summed E-state index contributed by atoms with van der Waals surface area (Å²) < 4.78 is 1.85. The number of nitrogens with zero attached hydrogens (tertiary/aromatic N) is 3. The fraction of sp³-hybridized carbons (Fsp3) is 0.421. The first kappa shape index (κ1) is 18.1. The Morgan fingerprint density at radius 2 is 2.19 bits per heavy atom.